The Bertz CT molecular complexity index is 965. The SMILES string of the molecule is C#CCS(=O)(CCC(F)(F)F)(NC(=O)CC)c1sc(-c2cccnc2)nc1C. The number of hydrogen-bond acceptors (Lipinski definition) is 5. The maximum absolute atomic E-state index is 14.2. The van der Waals surface area contributed by atoms with Crippen LogP contribution >= 0.6 is 11.3 Å². The van der Waals surface area contributed by atoms with E-state index in [-0.39, 0.29) is 16.3 Å². The van der Waals surface area contributed by atoms with Gasteiger partial charge in [0, 0.05) is 39.4 Å². The molecular formula is C18H20F3N3O2S2. The van der Waals surface area contributed by atoms with E-state index in [9.17, 15) is 22.2 Å². The topological polar surface area (TPSA) is 72.0 Å². The highest BCUT2D eigenvalue weighted by Gasteiger charge is 2.46. The number of terminal acetylenes is 1. The number of halogens is 3. The number of pyridine rings is 1. The van der Waals surface area contributed by atoms with Crippen molar-refractivity contribution in [1.82, 2.24) is 14.7 Å². The molecule has 0 spiro atoms. The first-order chi connectivity index (χ1) is 13.0. The number of nitrogens with one attached hydrogen (secondary N) is 1. The van der Waals surface area contributed by atoms with Gasteiger partial charge in [-0.2, -0.15) is 13.2 Å². The zero-order valence-corrected chi connectivity index (χ0v) is 17.0. The molecule has 0 unspecified atom stereocenters. The van der Waals surface area contributed by atoms with Gasteiger partial charge in [-0.05, 0) is 19.1 Å². The molecule has 28 heavy (non-hydrogen) atoms. The number of hydrogen-bond donors (Lipinski definition) is 1. The van der Waals surface area contributed by atoms with Crippen molar-refractivity contribution < 1.29 is 22.2 Å². The quantitative estimate of drug-likeness (QED) is 0.679. The van der Waals surface area contributed by atoms with Crippen LogP contribution in [-0.4, -0.2) is 37.8 Å². The fourth-order valence-electron chi connectivity index (χ4n) is 2.64. The lowest BCUT2D eigenvalue weighted by atomic mass is 10.3. The summed E-state index contributed by atoms with van der Waals surface area (Å²) >= 11 is 0.968. The molecule has 2 aromatic heterocycles. The summed E-state index contributed by atoms with van der Waals surface area (Å²) in [6.07, 6.45) is 2.55. The first kappa shape index (κ1) is 22.0. The Morgan fingerprint density at radius 1 is 1.43 bits per heavy atom. The van der Waals surface area contributed by atoms with Crippen molar-refractivity contribution in [3.05, 3.63) is 30.2 Å². The van der Waals surface area contributed by atoms with Gasteiger partial charge in [0.1, 0.15) is 9.22 Å². The molecule has 10 heteroatoms. The second kappa shape index (κ2) is 8.01. The number of nitrogens with zero attached hydrogens (tertiary/aromatic N) is 2. The van der Waals surface area contributed by atoms with E-state index in [1.807, 2.05) is 0 Å². The van der Waals surface area contributed by atoms with Gasteiger partial charge in [0.25, 0.3) is 0 Å². The summed E-state index contributed by atoms with van der Waals surface area (Å²) in [5.74, 6) is 0.215. The third kappa shape index (κ3) is 4.77. The molecule has 0 aliphatic heterocycles. The second-order valence-electron chi connectivity index (χ2n) is 6.22. The van der Waals surface area contributed by atoms with Crippen LogP contribution in [0.25, 0.3) is 10.6 Å². The molecular weight excluding hydrogens is 411 g/mol. The predicted molar refractivity (Wildman–Crippen MR) is 104 cm³/mol. The third-order valence-electron chi connectivity index (χ3n) is 3.97. The minimum Gasteiger partial charge on any atom is -0.290 e. The monoisotopic (exact) mass is 431 g/mol. The number of amides is 1. The second-order valence-corrected chi connectivity index (χ2v) is 11.4. The maximum atomic E-state index is 14.2. The number of alkyl halides is 3. The fourth-order valence-corrected chi connectivity index (χ4v) is 8.14. The molecule has 0 aliphatic carbocycles. The molecule has 2 heterocycles. The fraction of sp³-hybridized carbons (Fsp3) is 0.389. The van der Waals surface area contributed by atoms with E-state index in [1.54, 1.807) is 31.5 Å². The molecule has 0 fully saturated rings. The normalized spacial score (nSPS) is 13.4. The van der Waals surface area contributed by atoms with Gasteiger partial charge in [0.2, 0.25) is 5.91 Å². The van der Waals surface area contributed by atoms with E-state index in [2.05, 4.69) is 20.6 Å². The summed E-state index contributed by atoms with van der Waals surface area (Å²) in [4.78, 5) is 20.5. The number of carbonyl (C=O) groups is 1. The molecule has 2 rings (SSSR count). The molecule has 1 amide bonds. The summed E-state index contributed by atoms with van der Waals surface area (Å²) in [6, 6.07) is 3.42. The number of aryl methyl sites for hydroxylation is 1. The summed E-state index contributed by atoms with van der Waals surface area (Å²) in [5, 5.41) is 0.439. The van der Waals surface area contributed by atoms with Gasteiger partial charge in [-0.1, -0.05) is 12.8 Å². The van der Waals surface area contributed by atoms with Crippen molar-refractivity contribution >= 4 is 26.5 Å². The Kier molecular flexibility index (Phi) is 6.31. The Balaban J connectivity index is 2.67. The molecule has 1 N–H and O–H groups in total. The average molecular weight is 432 g/mol. The molecule has 0 saturated carbocycles. The lowest BCUT2D eigenvalue weighted by Crippen LogP contribution is -2.55. The summed E-state index contributed by atoms with van der Waals surface area (Å²) in [5.41, 5.74) is 0.899. The summed E-state index contributed by atoms with van der Waals surface area (Å²) in [6.45, 7) is 3.06. The van der Waals surface area contributed by atoms with Crippen molar-refractivity contribution in [3.63, 3.8) is 0 Å². The van der Waals surface area contributed by atoms with E-state index < -0.39 is 39.3 Å². The zero-order valence-electron chi connectivity index (χ0n) is 15.4. The minimum atomic E-state index is -4.58. The molecule has 0 bridgehead atoms. The third-order valence-corrected chi connectivity index (χ3v) is 10.1. The Labute approximate surface area is 165 Å². The highest BCUT2D eigenvalue weighted by atomic mass is 32.3. The van der Waals surface area contributed by atoms with Crippen LogP contribution in [0.1, 0.15) is 25.5 Å². The minimum absolute atomic E-state index is 0.0432. The van der Waals surface area contributed by atoms with Gasteiger partial charge in [-0.15, -0.1) is 17.8 Å². The van der Waals surface area contributed by atoms with E-state index in [0.29, 0.717) is 10.6 Å². The molecule has 152 valence electrons. The summed E-state index contributed by atoms with van der Waals surface area (Å²) in [7, 11) is -4.58. The number of thiazole rings is 1. The smallest absolute Gasteiger partial charge is 0.290 e. The molecule has 0 radical (unpaired) electrons. The van der Waals surface area contributed by atoms with Crippen LogP contribution < -0.4 is 4.72 Å². The molecule has 0 aliphatic rings. The highest BCUT2D eigenvalue weighted by molar-refractivity contribution is 8.20. The van der Waals surface area contributed by atoms with Crippen molar-refractivity contribution in [1.29, 1.82) is 0 Å². The average Bonchev–Trinajstić information content (AvgIpc) is 3.04. The highest BCUT2D eigenvalue weighted by Crippen LogP contribution is 2.43. The van der Waals surface area contributed by atoms with Crippen LogP contribution in [0.4, 0.5) is 13.2 Å². The van der Waals surface area contributed by atoms with Crippen LogP contribution in [0, 0.1) is 19.3 Å². The van der Waals surface area contributed by atoms with Crippen molar-refractivity contribution in [2.24, 2.45) is 0 Å². The van der Waals surface area contributed by atoms with Gasteiger partial charge < -0.3 is 0 Å². The Morgan fingerprint density at radius 2 is 2.14 bits per heavy atom. The molecule has 0 aromatic carbocycles. The lowest BCUT2D eigenvalue weighted by Gasteiger charge is -2.41. The van der Waals surface area contributed by atoms with Crippen molar-refractivity contribution in [3.8, 4) is 22.9 Å². The van der Waals surface area contributed by atoms with E-state index >= 15 is 0 Å². The van der Waals surface area contributed by atoms with Gasteiger partial charge in [0.15, 0.2) is 0 Å². The van der Waals surface area contributed by atoms with Gasteiger partial charge >= 0.3 is 6.18 Å². The number of rotatable bonds is 7. The first-order valence-corrected chi connectivity index (χ1v) is 11.5. The van der Waals surface area contributed by atoms with Gasteiger partial charge in [-0.25, -0.2) is 4.98 Å². The zero-order chi connectivity index (χ0) is 21.0. The predicted octanol–water partition coefficient (Wildman–Crippen LogP) is 3.72. The van der Waals surface area contributed by atoms with Crippen LogP contribution in [0.5, 0.6) is 0 Å². The number of carbonyl (C=O) groups excluding carboxylic acids is 1. The van der Waals surface area contributed by atoms with Crippen LogP contribution in [-0.2, 0) is 14.0 Å². The Hall–Kier alpha value is -2.25. The molecule has 0 saturated heterocycles. The molecule has 0 atom stereocenters. The van der Waals surface area contributed by atoms with Crippen LogP contribution in [0.15, 0.2) is 28.7 Å². The van der Waals surface area contributed by atoms with Crippen LogP contribution in [0.2, 0.25) is 0 Å². The largest absolute Gasteiger partial charge is 0.390 e. The lowest BCUT2D eigenvalue weighted by molar-refractivity contribution is -0.130. The summed E-state index contributed by atoms with van der Waals surface area (Å²) < 4.78 is 55.7. The van der Waals surface area contributed by atoms with Crippen molar-refractivity contribution in [2.45, 2.75) is 37.1 Å². The number of aromatic nitrogens is 2. The molecule has 5 nitrogen and oxygen atoms in total. The van der Waals surface area contributed by atoms with Gasteiger partial charge in [0.05, 0.1) is 17.9 Å². The van der Waals surface area contributed by atoms with Crippen molar-refractivity contribution in [2.75, 3.05) is 11.5 Å². The molecule has 2 aromatic rings. The Morgan fingerprint density at radius 3 is 2.68 bits per heavy atom. The maximum Gasteiger partial charge on any atom is 0.390 e. The van der Waals surface area contributed by atoms with E-state index in [1.165, 1.54) is 6.92 Å². The first-order valence-electron chi connectivity index (χ1n) is 8.35. The van der Waals surface area contributed by atoms with Crippen LogP contribution in [0.3, 0.4) is 0 Å². The standard InChI is InChI=1S/C18H20F3N3O2S2/c1-4-10-28(26,24-15(25)5-2,11-8-18(19,20)21)17-13(3)23-16(27-17)14-7-6-9-22-12-14/h1,6-7,9,12H,5,8,10-11H2,2-3H3,(H,24,25,26). The van der Waals surface area contributed by atoms with Gasteiger partial charge in [-0.3, -0.25) is 18.7 Å². The van der Waals surface area contributed by atoms with E-state index in [0.717, 1.165) is 11.3 Å². The van der Waals surface area contributed by atoms with E-state index in [4.69, 9.17) is 6.42 Å².